The average Bonchev–Trinajstić information content (AvgIpc) is 2.46. The molecule has 3 aromatic rings. The highest BCUT2D eigenvalue weighted by molar-refractivity contribution is 7.92. The van der Waals surface area contributed by atoms with Gasteiger partial charge in [-0.3, -0.25) is 9.78 Å². The first kappa shape index (κ1) is 14.5. The minimum atomic E-state index is -5.72. The van der Waals surface area contributed by atoms with Crippen molar-refractivity contribution in [2.24, 2.45) is 0 Å². The molecular formula is C13H7F3N2O3S. The van der Waals surface area contributed by atoms with Gasteiger partial charge in [0.05, 0.1) is 11.0 Å². The van der Waals surface area contributed by atoms with Crippen molar-refractivity contribution in [3.8, 4) is 0 Å². The van der Waals surface area contributed by atoms with E-state index in [0.717, 1.165) is 0 Å². The van der Waals surface area contributed by atoms with E-state index in [0.29, 0.717) is 17.1 Å². The predicted molar refractivity (Wildman–Crippen MR) is 73.1 cm³/mol. The fourth-order valence-corrected chi connectivity index (χ4v) is 2.96. The number of rotatable bonds is 1. The van der Waals surface area contributed by atoms with Gasteiger partial charge in [0.1, 0.15) is 4.90 Å². The molecule has 0 amide bonds. The topological polar surface area (TPSA) is 79.9 Å². The smallest absolute Gasteiger partial charge is 0.358 e. The molecule has 0 saturated heterocycles. The van der Waals surface area contributed by atoms with Crippen molar-refractivity contribution in [1.82, 2.24) is 9.97 Å². The lowest BCUT2D eigenvalue weighted by Gasteiger charge is -2.09. The molecule has 5 nitrogen and oxygen atoms in total. The first-order valence-electron chi connectivity index (χ1n) is 5.94. The summed E-state index contributed by atoms with van der Waals surface area (Å²) >= 11 is 0. The normalized spacial score (nSPS) is 12.9. The van der Waals surface area contributed by atoms with Gasteiger partial charge in [0.25, 0.3) is 9.84 Å². The summed E-state index contributed by atoms with van der Waals surface area (Å²) in [6.07, 6.45) is 2.02. The summed E-state index contributed by atoms with van der Waals surface area (Å²) in [7, 11) is -5.72. The van der Waals surface area contributed by atoms with E-state index in [9.17, 15) is 26.4 Å². The number of alkyl halides is 3. The van der Waals surface area contributed by atoms with Crippen LogP contribution in [0, 0.1) is 0 Å². The van der Waals surface area contributed by atoms with Gasteiger partial charge in [-0.25, -0.2) is 8.42 Å². The summed E-state index contributed by atoms with van der Waals surface area (Å²) < 4.78 is 60.6. The molecule has 0 radical (unpaired) electrons. The van der Waals surface area contributed by atoms with Gasteiger partial charge >= 0.3 is 5.51 Å². The third kappa shape index (κ3) is 1.97. The number of pyridine rings is 2. The molecule has 0 unspecified atom stereocenters. The monoisotopic (exact) mass is 328 g/mol. The molecule has 1 N–H and O–H groups in total. The van der Waals surface area contributed by atoms with Crippen molar-refractivity contribution in [3.05, 3.63) is 46.9 Å². The lowest BCUT2D eigenvalue weighted by Crippen LogP contribution is -2.28. The molecule has 0 spiro atoms. The fourth-order valence-electron chi connectivity index (χ4n) is 2.14. The molecule has 0 aliphatic carbocycles. The Morgan fingerprint density at radius 3 is 2.55 bits per heavy atom. The molecule has 3 rings (SSSR count). The Morgan fingerprint density at radius 1 is 1.14 bits per heavy atom. The Morgan fingerprint density at radius 2 is 1.86 bits per heavy atom. The third-order valence-corrected chi connectivity index (χ3v) is 4.68. The SMILES string of the molecule is O=c1c(S(=O)(=O)C(F)(F)F)c[nH]c2c1ccc1cccnc12. The quantitative estimate of drug-likeness (QED) is 0.696. The molecule has 0 saturated carbocycles. The number of aromatic amines is 1. The van der Waals surface area contributed by atoms with Crippen molar-refractivity contribution in [3.63, 3.8) is 0 Å². The predicted octanol–water partition coefficient (Wildman–Crippen LogP) is 2.37. The van der Waals surface area contributed by atoms with Crippen molar-refractivity contribution in [2.45, 2.75) is 10.4 Å². The summed E-state index contributed by atoms with van der Waals surface area (Å²) in [5.41, 5.74) is -6.20. The Kier molecular flexibility index (Phi) is 2.99. The number of halogens is 3. The van der Waals surface area contributed by atoms with Crippen LogP contribution >= 0.6 is 0 Å². The zero-order valence-corrected chi connectivity index (χ0v) is 11.5. The van der Waals surface area contributed by atoms with Crippen LogP contribution in [-0.2, 0) is 9.84 Å². The van der Waals surface area contributed by atoms with Gasteiger partial charge in [-0.05, 0) is 12.1 Å². The van der Waals surface area contributed by atoms with Crippen LogP contribution in [0.5, 0.6) is 0 Å². The number of aromatic nitrogens is 2. The van der Waals surface area contributed by atoms with Crippen LogP contribution in [0.3, 0.4) is 0 Å². The van der Waals surface area contributed by atoms with E-state index in [1.165, 1.54) is 18.3 Å². The molecule has 0 aliphatic heterocycles. The molecule has 114 valence electrons. The van der Waals surface area contributed by atoms with Crippen molar-refractivity contribution in [2.75, 3.05) is 0 Å². The second-order valence-electron chi connectivity index (χ2n) is 4.49. The number of hydrogen-bond acceptors (Lipinski definition) is 4. The van der Waals surface area contributed by atoms with Gasteiger partial charge < -0.3 is 4.98 Å². The van der Waals surface area contributed by atoms with E-state index >= 15 is 0 Å². The Bertz CT molecular complexity index is 1060. The molecular weight excluding hydrogens is 321 g/mol. The highest BCUT2D eigenvalue weighted by Crippen LogP contribution is 2.29. The van der Waals surface area contributed by atoms with Crippen LogP contribution in [0.15, 0.2) is 46.3 Å². The van der Waals surface area contributed by atoms with Gasteiger partial charge in [-0.15, -0.1) is 0 Å². The summed E-state index contributed by atoms with van der Waals surface area (Å²) in [6.45, 7) is 0. The summed E-state index contributed by atoms with van der Waals surface area (Å²) in [4.78, 5) is 17.3. The maximum atomic E-state index is 12.6. The molecule has 0 fully saturated rings. The molecule has 0 atom stereocenters. The molecule has 9 heteroatoms. The first-order valence-corrected chi connectivity index (χ1v) is 7.42. The summed E-state index contributed by atoms with van der Waals surface area (Å²) in [5, 5.41) is 0.494. The van der Waals surface area contributed by atoms with Crippen LogP contribution < -0.4 is 5.43 Å². The number of hydrogen-bond donors (Lipinski definition) is 1. The lowest BCUT2D eigenvalue weighted by molar-refractivity contribution is -0.0436. The molecule has 2 heterocycles. The van der Waals surface area contributed by atoms with E-state index in [4.69, 9.17) is 0 Å². The van der Waals surface area contributed by atoms with Gasteiger partial charge in [0.2, 0.25) is 5.43 Å². The third-order valence-electron chi connectivity index (χ3n) is 3.18. The number of fused-ring (bicyclic) bond motifs is 3. The van der Waals surface area contributed by atoms with Crippen LogP contribution in [0.2, 0.25) is 0 Å². The van der Waals surface area contributed by atoms with E-state index in [2.05, 4.69) is 9.97 Å². The van der Waals surface area contributed by atoms with Crippen LogP contribution in [-0.4, -0.2) is 23.9 Å². The number of benzene rings is 1. The molecule has 1 aromatic carbocycles. The highest BCUT2D eigenvalue weighted by Gasteiger charge is 2.48. The molecule has 0 bridgehead atoms. The summed E-state index contributed by atoms with van der Waals surface area (Å²) in [5.74, 6) is 0. The number of nitrogens with one attached hydrogen (secondary N) is 1. The van der Waals surface area contributed by atoms with E-state index < -0.39 is 25.7 Å². The summed E-state index contributed by atoms with van der Waals surface area (Å²) in [6, 6.07) is 6.13. The van der Waals surface area contributed by atoms with Crippen LogP contribution in [0.1, 0.15) is 0 Å². The fraction of sp³-hybridized carbons (Fsp3) is 0.0769. The Labute approximate surface area is 121 Å². The van der Waals surface area contributed by atoms with E-state index in [-0.39, 0.29) is 10.9 Å². The maximum Gasteiger partial charge on any atom is 0.502 e. The van der Waals surface area contributed by atoms with Gasteiger partial charge in [-0.1, -0.05) is 12.1 Å². The first-order chi connectivity index (χ1) is 10.2. The van der Waals surface area contributed by atoms with Crippen LogP contribution in [0.4, 0.5) is 13.2 Å². The standard InChI is InChI=1S/C13H7F3N2O3S/c14-13(15,16)22(20,21)9-6-18-11-8(12(9)19)4-3-7-2-1-5-17-10(7)11/h1-6H,(H,18,19). The minimum absolute atomic E-state index is 0.170. The number of nitrogens with zero attached hydrogens (tertiary/aromatic N) is 1. The Hall–Kier alpha value is -2.42. The zero-order valence-electron chi connectivity index (χ0n) is 10.7. The molecule has 0 aliphatic rings. The molecule has 22 heavy (non-hydrogen) atoms. The Balaban J connectivity index is 2.42. The molecule has 2 aromatic heterocycles. The zero-order chi connectivity index (χ0) is 16.1. The van der Waals surface area contributed by atoms with E-state index in [1.54, 1.807) is 12.1 Å². The van der Waals surface area contributed by atoms with Crippen LogP contribution in [0.25, 0.3) is 21.8 Å². The highest BCUT2D eigenvalue weighted by atomic mass is 32.2. The number of sulfone groups is 1. The number of H-pyrrole nitrogens is 1. The second-order valence-corrected chi connectivity index (χ2v) is 6.40. The lowest BCUT2D eigenvalue weighted by atomic mass is 10.1. The van der Waals surface area contributed by atoms with Crippen molar-refractivity contribution < 1.29 is 21.6 Å². The van der Waals surface area contributed by atoms with Gasteiger partial charge in [0.15, 0.2) is 0 Å². The van der Waals surface area contributed by atoms with Crippen molar-refractivity contribution >= 4 is 31.6 Å². The van der Waals surface area contributed by atoms with Gasteiger partial charge in [0, 0.05) is 23.2 Å². The van der Waals surface area contributed by atoms with Crippen molar-refractivity contribution in [1.29, 1.82) is 0 Å². The average molecular weight is 328 g/mol. The minimum Gasteiger partial charge on any atom is -0.358 e. The second kappa shape index (κ2) is 4.54. The largest absolute Gasteiger partial charge is 0.502 e. The van der Waals surface area contributed by atoms with Gasteiger partial charge in [-0.2, -0.15) is 13.2 Å². The maximum absolute atomic E-state index is 12.6. The van der Waals surface area contributed by atoms with E-state index in [1.807, 2.05) is 0 Å².